The number of phenols is 4. The highest BCUT2D eigenvalue weighted by atomic mass is 16.5. The van der Waals surface area contributed by atoms with Crippen molar-refractivity contribution in [2.45, 2.75) is 12.6 Å². The first-order valence-corrected chi connectivity index (χ1v) is 11.2. The van der Waals surface area contributed by atoms with E-state index in [1.807, 2.05) is 30.3 Å². The van der Waals surface area contributed by atoms with Crippen LogP contribution in [0.5, 0.6) is 23.0 Å². The summed E-state index contributed by atoms with van der Waals surface area (Å²) in [6.45, 7) is 0.422. The lowest BCUT2D eigenvalue weighted by molar-refractivity contribution is -0.133. The molecule has 1 atom stereocenters. The van der Waals surface area contributed by atoms with Crippen molar-refractivity contribution < 1.29 is 34.8 Å². The topological polar surface area (TPSA) is 152 Å². The van der Waals surface area contributed by atoms with Crippen molar-refractivity contribution in [3.05, 3.63) is 83.4 Å². The number of amides is 2. The summed E-state index contributed by atoms with van der Waals surface area (Å²) in [6, 6.07) is 16.9. The number of rotatable bonds is 8. The van der Waals surface area contributed by atoms with Gasteiger partial charge in [-0.1, -0.05) is 42.5 Å². The number of nitrogens with one attached hydrogen (secondary N) is 1. The molecule has 2 amide bonds. The van der Waals surface area contributed by atoms with Gasteiger partial charge in [0.2, 0.25) is 5.90 Å². The quantitative estimate of drug-likeness (QED) is 0.303. The molecule has 0 unspecified atom stereocenters. The molecule has 3 aromatic rings. The normalized spacial score (nSPS) is 14.6. The molecule has 0 radical (unpaired) electrons. The molecule has 0 aliphatic carbocycles. The lowest BCUT2D eigenvalue weighted by Crippen LogP contribution is -2.43. The van der Waals surface area contributed by atoms with E-state index in [9.17, 15) is 30.0 Å². The van der Waals surface area contributed by atoms with Crippen LogP contribution in [0.3, 0.4) is 0 Å². The molecule has 1 heterocycles. The van der Waals surface area contributed by atoms with Gasteiger partial charge in [0.1, 0.15) is 6.61 Å². The van der Waals surface area contributed by atoms with Crippen LogP contribution in [-0.4, -0.2) is 68.8 Å². The van der Waals surface area contributed by atoms with Gasteiger partial charge in [-0.3, -0.25) is 9.59 Å². The molecular weight excluding hydrogens is 466 g/mol. The van der Waals surface area contributed by atoms with Crippen LogP contribution in [-0.2, 0) is 16.1 Å². The Balaban J connectivity index is 1.48. The zero-order valence-electron chi connectivity index (χ0n) is 19.2. The minimum atomic E-state index is -0.878. The average Bonchev–Trinajstić information content (AvgIpc) is 3.37. The van der Waals surface area contributed by atoms with Crippen LogP contribution in [0.1, 0.15) is 21.5 Å². The summed E-state index contributed by atoms with van der Waals surface area (Å²) in [5, 5.41) is 42.0. The largest absolute Gasteiger partial charge is 0.504 e. The number of carbonyl (C=O) groups excluding carboxylic acids is 2. The Kier molecular flexibility index (Phi) is 7.24. The SMILES string of the molecule is O=C(NCCN(Cc1ccccc1)C(=O)[C@@H]1COC(c2cccc(O)c2O)=N1)c1cccc(O)c1O. The molecule has 0 saturated heterocycles. The molecule has 186 valence electrons. The number of phenolic OH excluding ortho intramolecular Hbond substituents is 4. The lowest BCUT2D eigenvalue weighted by Gasteiger charge is -2.24. The number of hydrogen-bond acceptors (Lipinski definition) is 8. The van der Waals surface area contributed by atoms with Crippen molar-refractivity contribution in [3.8, 4) is 23.0 Å². The summed E-state index contributed by atoms with van der Waals surface area (Å²) >= 11 is 0. The number of benzene rings is 3. The maximum atomic E-state index is 13.4. The number of para-hydroxylation sites is 2. The van der Waals surface area contributed by atoms with Crippen LogP contribution >= 0.6 is 0 Å². The van der Waals surface area contributed by atoms with Crippen molar-refractivity contribution in [1.82, 2.24) is 10.2 Å². The predicted molar refractivity (Wildman–Crippen MR) is 130 cm³/mol. The highest BCUT2D eigenvalue weighted by molar-refractivity contribution is 6.01. The van der Waals surface area contributed by atoms with Gasteiger partial charge in [-0.05, 0) is 29.8 Å². The van der Waals surface area contributed by atoms with Crippen LogP contribution in [0, 0.1) is 0 Å². The van der Waals surface area contributed by atoms with Gasteiger partial charge < -0.3 is 35.4 Å². The monoisotopic (exact) mass is 491 g/mol. The number of hydrogen-bond donors (Lipinski definition) is 5. The van der Waals surface area contributed by atoms with Crippen LogP contribution < -0.4 is 5.32 Å². The standard InChI is InChI=1S/C26H25N3O7/c30-20-10-4-8-17(22(20)32)24(34)27-12-13-29(14-16-6-2-1-3-7-16)26(35)19-15-36-25(28-19)18-9-5-11-21(31)23(18)33/h1-11,19,30-33H,12-15H2,(H,27,34)/t19-/m0/s1. The number of nitrogens with zero attached hydrogens (tertiary/aromatic N) is 2. The Labute approximate surface area is 206 Å². The Morgan fingerprint density at radius 1 is 0.917 bits per heavy atom. The van der Waals surface area contributed by atoms with Gasteiger partial charge in [-0.25, -0.2) is 4.99 Å². The number of carbonyl (C=O) groups is 2. The van der Waals surface area contributed by atoms with E-state index in [1.165, 1.54) is 41.3 Å². The third-order valence-corrected chi connectivity index (χ3v) is 5.64. The second-order valence-corrected chi connectivity index (χ2v) is 8.11. The fraction of sp³-hybridized carbons (Fsp3) is 0.192. The highest BCUT2D eigenvalue weighted by Gasteiger charge is 2.31. The van der Waals surface area contributed by atoms with Gasteiger partial charge >= 0.3 is 0 Å². The summed E-state index contributed by atoms with van der Waals surface area (Å²) in [5.74, 6) is -2.53. The number of ether oxygens (including phenoxy) is 1. The van der Waals surface area contributed by atoms with Gasteiger partial charge in [-0.15, -0.1) is 0 Å². The van der Waals surface area contributed by atoms with E-state index in [0.29, 0.717) is 0 Å². The van der Waals surface area contributed by atoms with Crippen LogP contribution in [0.2, 0.25) is 0 Å². The minimum absolute atomic E-state index is 0.0436. The molecule has 4 rings (SSSR count). The second-order valence-electron chi connectivity index (χ2n) is 8.11. The molecule has 0 fully saturated rings. The van der Waals surface area contributed by atoms with Gasteiger partial charge in [-0.2, -0.15) is 0 Å². The lowest BCUT2D eigenvalue weighted by atomic mass is 10.1. The maximum absolute atomic E-state index is 13.4. The van der Waals surface area contributed by atoms with Gasteiger partial charge in [0.15, 0.2) is 29.0 Å². The Hall–Kier alpha value is -4.73. The molecular formula is C26H25N3O7. The summed E-state index contributed by atoms with van der Waals surface area (Å²) in [4.78, 5) is 31.7. The third kappa shape index (κ3) is 5.33. The summed E-state index contributed by atoms with van der Waals surface area (Å²) in [5.41, 5.74) is 0.968. The molecule has 0 aromatic heterocycles. The predicted octanol–water partition coefficient (Wildman–Crippen LogP) is 2.11. The molecule has 10 nitrogen and oxygen atoms in total. The van der Waals surface area contributed by atoms with E-state index >= 15 is 0 Å². The van der Waals surface area contributed by atoms with Gasteiger partial charge in [0, 0.05) is 19.6 Å². The van der Waals surface area contributed by atoms with E-state index in [2.05, 4.69) is 10.3 Å². The van der Waals surface area contributed by atoms with Crippen molar-refractivity contribution in [2.24, 2.45) is 4.99 Å². The van der Waals surface area contributed by atoms with Crippen molar-refractivity contribution >= 4 is 17.7 Å². The second kappa shape index (κ2) is 10.7. The molecule has 0 bridgehead atoms. The van der Waals surface area contributed by atoms with Crippen molar-refractivity contribution in [2.75, 3.05) is 19.7 Å². The smallest absolute Gasteiger partial charge is 0.255 e. The first-order chi connectivity index (χ1) is 17.3. The summed E-state index contributed by atoms with van der Waals surface area (Å²) < 4.78 is 5.54. The minimum Gasteiger partial charge on any atom is -0.504 e. The third-order valence-electron chi connectivity index (χ3n) is 5.64. The molecule has 0 spiro atoms. The molecule has 10 heteroatoms. The molecule has 3 aromatic carbocycles. The summed E-state index contributed by atoms with van der Waals surface area (Å²) in [7, 11) is 0. The number of aliphatic imine (C=N–C) groups is 1. The van der Waals surface area contributed by atoms with E-state index in [1.54, 1.807) is 0 Å². The Morgan fingerprint density at radius 3 is 2.36 bits per heavy atom. The first kappa shape index (κ1) is 24.4. The van der Waals surface area contributed by atoms with Crippen LogP contribution in [0.4, 0.5) is 0 Å². The van der Waals surface area contributed by atoms with E-state index in [4.69, 9.17) is 4.74 Å². The molecule has 1 aliphatic heterocycles. The van der Waals surface area contributed by atoms with Gasteiger partial charge in [0.25, 0.3) is 11.8 Å². The van der Waals surface area contributed by atoms with Crippen LogP contribution in [0.25, 0.3) is 0 Å². The highest BCUT2D eigenvalue weighted by Crippen LogP contribution is 2.31. The van der Waals surface area contributed by atoms with E-state index < -0.39 is 23.4 Å². The zero-order valence-corrected chi connectivity index (χ0v) is 19.2. The fourth-order valence-electron chi connectivity index (χ4n) is 3.75. The van der Waals surface area contributed by atoms with Crippen molar-refractivity contribution in [3.63, 3.8) is 0 Å². The Bertz CT molecular complexity index is 1290. The average molecular weight is 492 g/mol. The fourth-order valence-corrected chi connectivity index (χ4v) is 3.75. The van der Waals surface area contributed by atoms with Gasteiger partial charge in [0.05, 0.1) is 11.1 Å². The zero-order chi connectivity index (χ0) is 25.7. The molecule has 5 N–H and O–H groups in total. The Morgan fingerprint density at radius 2 is 1.61 bits per heavy atom. The van der Waals surface area contributed by atoms with Crippen molar-refractivity contribution in [1.29, 1.82) is 0 Å². The molecule has 36 heavy (non-hydrogen) atoms. The van der Waals surface area contributed by atoms with Crippen LogP contribution in [0.15, 0.2) is 71.7 Å². The van der Waals surface area contributed by atoms with E-state index in [0.717, 1.165) is 5.56 Å². The maximum Gasteiger partial charge on any atom is 0.255 e. The molecule has 1 aliphatic rings. The summed E-state index contributed by atoms with van der Waals surface area (Å²) in [6.07, 6.45) is 0. The first-order valence-electron chi connectivity index (χ1n) is 11.2. The molecule has 0 saturated carbocycles. The van der Waals surface area contributed by atoms with E-state index in [-0.39, 0.29) is 60.7 Å². The number of aromatic hydroxyl groups is 4.